The summed E-state index contributed by atoms with van der Waals surface area (Å²) in [7, 11) is 0. The normalized spacial score (nSPS) is 16.4. The number of carbonyl (C=O) groups excluding carboxylic acids is 2. The molecule has 8 nitrogen and oxygen atoms in total. The molecule has 3 amide bonds. The van der Waals surface area contributed by atoms with Gasteiger partial charge in [0.1, 0.15) is 5.82 Å². The van der Waals surface area contributed by atoms with Crippen LogP contribution < -0.4 is 20.9 Å². The molecule has 0 radical (unpaired) electrons. The van der Waals surface area contributed by atoms with E-state index in [-0.39, 0.29) is 18.0 Å². The standard InChI is InChI=1S/C20H23N5O3/c26-19(14-2-1-3-16(12-14)24-20(27)23-15-4-5-15)22-17-6-7-18(21-13-17)25-8-10-28-11-9-25/h1-3,6-7,12-13,15H,4-5,8-11H2,(H,22,26)(H2,23,24,27). The summed E-state index contributed by atoms with van der Waals surface area (Å²) in [6.07, 6.45) is 3.69. The summed E-state index contributed by atoms with van der Waals surface area (Å²) < 4.78 is 5.35. The first kappa shape index (κ1) is 18.2. The summed E-state index contributed by atoms with van der Waals surface area (Å²) >= 11 is 0. The van der Waals surface area contributed by atoms with Crippen molar-refractivity contribution in [1.82, 2.24) is 10.3 Å². The van der Waals surface area contributed by atoms with E-state index in [0.717, 1.165) is 31.7 Å². The largest absolute Gasteiger partial charge is 0.378 e. The third-order valence-corrected chi connectivity index (χ3v) is 4.64. The van der Waals surface area contributed by atoms with Gasteiger partial charge < -0.3 is 25.6 Å². The van der Waals surface area contributed by atoms with Crippen molar-refractivity contribution in [2.24, 2.45) is 0 Å². The maximum Gasteiger partial charge on any atom is 0.319 e. The van der Waals surface area contributed by atoms with Crippen molar-refractivity contribution in [2.45, 2.75) is 18.9 Å². The highest BCUT2D eigenvalue weighted by molar-refractivity contribution is 6.05. The minimum atomic E-state index is -0.257. The molecule has 0 spiro atoms. The topological polar surface area (TPSA) is 95.6 Å². The molecule has 4 rings (SSSR count). The minimum absolute atomic E-state index is 0.247. The van der Waals surface area contributed by atoms with Crippen LogP contribution in [-0.2, 0) is 4.74 Å². The van der Waals surface area contributed by atoms with Gasteiger partial charge >= 0.3 is 6.03 Å². The Morgan fingerprint density at radius 1 is 1.04 bits per heavy atom. The van der Waals surface area contributed by atoms with Gasteiger partial charge in [-0.15, -0.1) is 0 Å². The lowest BCUT2D eigenvalue weighted by Gasteiger charge is -2.27. The molecule has 2 aliphatic rings. The Bertz CT molecular complexity index is 845. The Morgan fingerprint density at radius 2 is 1.86 bits per heavy atom. The molecule has 0 bridgehead atoms. The van der Waals surface area contributed by atoms with Crippen LogP contribution in [0.3, 0.4) is 0 Å². The van der Waals surface area contributed by atoms with Gasteiger partial charge in [-0.05, 0) is 43.2 Å². The predicted molar refractivity (Wildman–Crippen MR) is 107 cm³/mol. The zero-order chi connectivity index (χ0) is 19.3. The smallest absolute Gasteiger partial charge is 0.319 e. The van der Waals surface area contributed by atoms with Crippen LogP contribution in [0.25, 0.3) is 0 Å². The van der Waals surface area contributed by atoms with Crippen molar-refractivity contribution in [1.29, 1.82) is 0 Å². The molecule has 3 N–H and O–H groups in total. The molecule has 1 aliphatic carbocycles. The van der Waals surface area contributed by atoms with E-state index in [0.29, 0.717) is 30.2 Å². The number of amides is 3. The fraction of sp³-hybridized carbons (Fsp3) is 0.350. The highest BCUT2D eigenvalue weighted by Gasteiger charge is 2.23. The van der Waals surface area contributed by atoms with Crippen LogP contribution in [0.15, 0.2) is 42.6 Å². The van der Waals surface area contributed by atoms with Crippen LogP contribution in [-0.4, -0.2) is 49.3 Å². The maximum atomic E-state index is 12.5. The van der Waals surface area contributed by atoms with Crippen molar-refractivity contribution < 1.29 is 14.3 Å². The molecule has 1 saturated carbocycles. The van der Waals surface area contributed by atoms with Crippen LogP contribution in [0.5, 0.6) is 0 Å². The average molecular weight is 381 g/mol. The number of ether oxygens (including phenoxy) is 1. The summed E-state index contributed by atoms with van der Waals surface area (Å²) in [5.41, 5.74) is 1.65. The molecule has 2 heterocycles. The zero-order valence-corrected chi connectivity index (χ0v) is 15.5. The molecule has 0 atom stereocenters. The number of nitrogens with zero attached hydrogens (tertiary/aromatic N) is 2. The Balaban J connectivity index is 1.36. The Hall–Kier alpha value is -3.13. The Labute approximate surface area is 163 Å². The zero-order valence-electron chi connectivity index (χ0n) is 15.5. The molecule has 1 saturated heterocycles. The minimum Gasteiger partial charge on any atom is -0.378 e. The number of nitrogens with one attached hydrogen (secondary N) is 3. The summed E-state index contributed by atoms with van der Waals surface area (Å²) in [6.45, 7) is 3.02. The number of aromatic nitrogens is 1. The summed E-state index contributed by atoms with van der Waals surface area (Å²) in [6, 6.07) is 10.6. The van der Waals surface area contributed by atoms with E-state index in [4.69, 9.17) is 4.74 Å². The number of anilines is 3. The van der Waals surface area contributed by atoms with Crippen molar-refractivity contribution in [3.05, 3.63) is 48.2 Å². The van der Waals surface area contributed by atoms with Crippen LogP contribution in [0.1, 0.15) is 23.2 Å². The van der Waals surface area contributed by atoms with Gasteiger partial charge in [-0.3, -0.25) is 4.79 Å². The van der Waals surface area contributed by atoms with Gasteiger partial charge in [0.25, 0.3) is 5.91 Å². The van der Waals surface area contributed by atoms with Gasteiger partial charge in [0.15, 0.2) is 0 Å². The number of carbonyl (C=O) groups is 2. The second kappa shape index (κ2) is 8.26. The summed E-state index contributed by atoms with van der Waals surface area (Å²) in [4.78, 5) is 31.0. The maximum absolute atomic E-state index is 12.5. The number of pyridine rings is 1. The molecule has 1 aromatic heterocycles. The number of benzene rings is 1. The van der Waals surface area contributed by atoms with Gasteiger partial charge in [0.2, 0.25) is 0 Å². The third kappa shape index (κ3) is 4.77. The molecular weight excluding hydrogens is 358 g/mol. The predicted octanol–water partition coefficient (Wildman–Crippen LogP) is 2.45. The highest BCUT2D eigenvalue weighted by Crippen LogP contribution is 2.20. The van der Waals surface area contributed by atoms with Crippen molar-refractivity contribution in [2.75, 3.05) is 41.8 Å². The molecule has 1 aliphatic heterocycles. The first-order chi connectivity index (χ1) is 13.7. The Morgan fingerprint density at radius 3 is 2.57 bits per heavy atom. The van der Waals surface area contributed by atoms with Crippen molar-refractivity contribution >= 4 is 29.1 Å². The Kier molecular flexibility index (Phi) is 5.38. The van der Waals surface area contributed by atoms with E-state index in [1.807, 2.05) is 12.1 Å². The van der Waals surface area contributed by atoms with Crippen LogP contribution in [0.4, 0.5) is 22.0 Å². The molecule has 2 fully saturated rings. The fourth-order valence-corrected chi connectivity index (χ4v) is 2.96. The SMILES string of the molecule is O=C(Nc1cccc(C(=O)Nc2ccc(N3CCOCC3)nc2)c1)NC1CC1. The second-order valence-electron chi connectivity index (χ2n) is 6.91. The van der Waals surface area contributed by atoms with E-state index in [9.17, 15) is 9.59 Å². The number of rotatable bonds is 5. The van der Waals surface area contributed by atoms with Crippen molar-refractivity contribution in [3.8, 4) is 0 Å². The van der Waals surface area contributed by atoms with E-state index in [2.05, 4.69) is 25.8 Å². The number of hydrogen-bond acceptors (Lipinski definition) is 5. The van der Waals surface area contributed by atoms with Crippen LogP contribution >= 0.6 is 0 Å². The first-order valence-corrected chi connectivity index (χ1v) is 9.45. The monoisotopic (exact) mass is 381 g/mol. The number of morpholine rings is 1. The number of urea groups is 1. The number of hydrogen-bond donors (Lipinski definition) is 3. The van der Waals surface area contributed by atoms with Crippen LogP contribution in [0, 0.1) is 0 Å². The van der Waals surface area contributed by atoms with E-state index >= 15 is 0 Å². The van der Waals surface area contributed by atoms with Gasteiger partial charge in [0, 0.05) is 30.4 Å². The van der Waals surface area contributed by atoms with E-state index in [1.54, 1.807) is 30.5 Å². The summed E-state index contributed by atoms with van der Waals surface area (Å²) in [5.74, 6) is 0.612. The van der Waals surface area contributed by atoms with Gasteiger partial charge in [0.05, 0.1) is 25.1 Å². The average Bonchev–Trinajstić information content (AvgIpc) is 3.53. The van der Waals surface area contributed by atoms with Gasteiger partial charge in [-0.25, -0.2) is 9.78 Å². The lowest BCUT2D eigenvalue weighted by molar-refractivity contribution is 0.102. The molecule has 146 valence electrons. The fourth-order valence-electron chi connectivity index (χ4n) is 2.96. The molecule has 1 aromatic carbocycles. The second-order valence-corrected chi connectivity index (χ2v) is 6.91. The lowest BCUT2D eigenvalue weighted by atomic mass is 10.2. The molecule has 2 aromatic rings. The van der Waals surface area contributed by atoms with Gasteiger partial charge in [-0.1, -0.05) is 6.07 Å². The quantitative estimate of drug-likeness (QED) is 0.739. The summed E-state index contributed by atoms with van der Waals surface area (Å²) in [5, 5.41) is 8.45. The van der Waals surface area contributed by atoms with Crippen LogP contribution in [0.2, 0.25) is 0 Å². The molecule has 28 heavy (non-hydrogen) atoms. The third-order valence-electron chi connectivity index (χ3n) is 4.64. The molecule has 8 heteroatoms. The van der Waals surface area contributed by atoms with E-state index < -0.39 is 0 Å². The van der Waals surface area contributed by atoms with E-state index in [1.165, 1.54) is 0 Å². The highest BCUT2D eigenvalue weighted by atomic mass is 16.5. The molecular formula is C20H23N5O3. The molecule has 0 unspecified atom stereocenters. The van der Waals surface area contributed by atoms with Crippen molar-refractivity contribution in [3.63, 3.8) is 0 Å². The first-order valence-electron chi connectivity index (χ1n) is 9.45. The van der Waals surface area contributed by atoms with Gasteiger partial charge in [-0.2, -0.15) is 0 Å². The lowest BCUT2D eigenvalue weighted by Crippen LogP contribution is -2.36.